The molecule has 4 nitrogen and oxygen atoms in total. The van der Waals surface area contributed by atoms with Gasteiger partial charge in [-0.15, -0.1) is 0 Å². The summed E-state index contributed by atoms with van der Waals surface area (Å²) in [5.74, 6) is 0.853. The average Bonchev–Trinajstić information content (AvgIpc) is 2.60. The number of aromatic nitrogens is 4. The summed E-state index contributed by atoms with van der Waals surface area (Å²) in [6, 6.07) is 1.99. The lowest BCUT2D eigenvalue weighted by atomic mass is 10.4. The highest BCUT2D eigenvalue weighted by atomic mass is 32.1. The Morgan fingerprint density at radius 3 is 2.77 bits per heavy atom. The van der Waals surface area contributed by atoms with Crippen LogP contribution in [-0.4, -0.2) is 19.3 Å². The molecule has 2 heterocycles. The van der Waals surface area contributed by atoms with Gasteiger partial charge in [0, 0.05) is 31.2 Å². The average molecular weight is 194 g/mol. The molecule has 2 aromatic rings. The van der Waals surface area contributed by atoms with Crippen molar-refractivity contribution in [2.24, 2.45) is 7.05 Å². The van der Waals surface area contributed by atoms with Crippen LogP contribution < -0.4 is 0 Å². The van der Waals surface area contributed by atoms with E-state index in [9.17, 15) is 0 Å². The van der Waals surface area contributed by atoms with Crippen LogP contribution in [0.5, 0.6) is 0 Å². The van der Waals surface area contributed by atoms with Gasteiger partial charge in [0.05, 0.1) is 0 Å². The molecule has 0 saturated carbocycles. The number of aromatic amines is 1. The lowest BCUT2D eigenvalue weighted by Gasteiger charge is -1.93. The van der Waals surface area contributed by atoms with Crippen LogP contribution >= 0.6 is 12.2 Å². The zero-order chi connectivity index (χ0) is 9.42. The number of nitrogens with zero attached hydrogens (tertiary/aromatic N) is 3. The molecule has 0 atom stereocenters. The van der Waals surface area contributed by atoms with Gasteiger partial charge < -0.3 is 4.98 Å². The van der Waals surface area contributed by atoms with Crippen molar-refractivity contribution in [1.29, 1.82) is 0 Å². The fourth-order valence-electron chi connectivity index (χ4n) is 1.16. The summed E-state index contributed by atoms with van der Waals surface area (Å²) >= 11 is 5.08. The van der Waals surface area contributed by atoms with Crippen molar-refractivity contribution in [2.45, 2.75) is 6.92 Å². The van der Waals surface area contributed by atoms with Gasteiger partial charge >= 0.3 is 0 Å². The number of hydrogen-bond acceptors (Lipinski definition) is 2. The highest BCUT2D eigenvalue weighted by Gasteiger charge is 2.03. The van der Waals surface area contributed by atoms with E-state index in [-0.39, 0.29) is 0 Å². The number of hydrogen-bond donors (Lipinski definition) is 1. The lowest BCUT2D eigenvalue weighted by Crippen LogP contribution is -1.96. The molecule has 0 radical (unpaired) electrons. The van der Waals surface area contributed by atoms with E-state index >= 15 is 0 Å². The third-order valence-corrected chi connectivity index (χ3v) is 2.31. The summed E-state index contributed by atoms with van der Waals surface area (Å²) in [7, 11) is 1.91. The Kier molecular flexibility index (Phi) is 1.81. The first-order valence-electron chi connectivity index (χ1n) is 3.95. The topological polar surface area (TPSA) is 38.5 Å². The molecule has 1 N–H and O–H groups in total. The third-order valence-electron chi connectivity index (χ3n) is 2.00. The zero-order valence-electron chi connectivity index (χ0n) is 7.48. The van der Waals surface area contributed by atoms with Crippen molar-refractivity contribution in [2.75, 3.05) is 0 Å². The maximum atomic E-state index is 5.08. The lowest BCUT2D eigenvalue weighted by molar-refractivity contribution is 0.726. The molecule has 13 heavy (non-hydrogen) atoms. The van der Waals surface area contributed by atoms with Crippen LogP contribution in [0.25, 0.3) is 5.82 Å². The molecule has 0 fully saturated rings. The van der Waals surface area contributed by atoms with E-state index in [0.717, 1.165) is 11.5 Å². The van der Waals surface area contributed by atoms with E-state index < -0.39 is 0 Å². The molecule has 0 aromatic carbocycles. The SMILES string of the molecule is Cc1cc(-n2cc[nH]c2=S)nn1C. The van der Waals surface area contributed by atoms with Gasteiger partial charge in [-0.1, -0.05) is 0 Å². The van der Waals surface area contributed by atoms with Gasteiger partial charge in [-0.3, -0.25) is 9.25 Å². The van der Waals surface area contributed by atoms with E-state index in [1.807, 2.05) is 35.5 Å². The standard InChI is InChI=1S/C8H10N4S/c1-6-5-7(10-11(6)2)12-4-3-9-8(12)13/h3-5H,1-2H3,(H,9,13). The van der Waals surface area contributed by atoms with Crippen molar-refractivity contribution >= 4 is 12.2 Å². The zero-order valence-corrected chi connectivity index (χ0v) is 8.30. The molecular weight excluding hydrogens is 184 g/mol. The Hall–Kier alpha value is -1.36. The Morgan fingerprint density at radius 1 is 1.54 bits per heavy atom. The van der Waals surface area contributed by atoms with Gasteiger partial charge in [0.15, 0.2) is 10.6 Å². The molecule has 0 aliphatic rings. The monoisotopic (exact) mass is 194 g/mol. The molecule has 0 aliphatic carbocycles. The summed E-state index contributed by atoms with van der Waals surface area (Å²) in [6.07, 6.45) is 3.66. The van der Waals surface area contributed by atoms with Gasteiger partial charge in [0.25, 0.3) is 0 Å². The van der Waals surface area contributed by atoms with E-state index in [0.29, 0.717) is 4.77 Å². The van der Waals surface area contributed by atoms with Gasteiger partial charge in [0.1, 0.15) is 0 Å². The summed E-state index contributed by atoms with van der Waals surface area (Å²) in [5.41, 5.74) is 1.11. The first kappa shape index (κ1) is 8.25. The van der Waals surface area contributed by atoms with Crippen molar-refractivity contribution in [3.05, 3.63) is 28.9 Å². The normalized spacial score (nSPS) is 10.6. The number of imidazole rings is 1. The molecule has 0 spiro atoms. The van der Waals surface area contributed by atoms with E-state index in [4.69, 9.17) is 12.2 Å². The quantitative estimate of drug-likeness (QED) is 0.700. The Morgan fingerprint density at radius 2 is 2.31 bits per heavy atom. The molecule has 0 unspecified atom stereocenters. The molecule has 2 rings (SSSR count). The highest BCUT2D eigenvalue weighted by molar-refractivity contribution is 7.71. The smallest absolute Gasteiger partial charge is 0.183 e. The molecule has 68 valence electrons. The van der Waals surface area contributed by atoms with E-state index in [1.54, 1.807) is 6.20 Å². The van der Waals surface area contributed by atoms with Gasteiger partial charge in [-0.05, 0) is 19.1 Å². The Bertz CT molecular complexity index is 457. The molecule has 0 aliphatic heterocycles. The van der Waals surface area contributed by atoms with Crippen LogP contribution in [0.2, 0.25) is 0 Å². The minimum Gasteiger partial charge on any atom is -0.337 e. The fraction of sp³-hybridized carbons (Fsp3) is 0.250. The van der Waals surface area contributed by atoms with Gasteiger partial charge in [0.2, 0.25) is 0 Å². The highest BCUT2D eigenvalue weighted by Crippen LogP contribution is 2.07. The second kappa shape index (κ2) is 2.85. The van der Waals surface area contributed by atoms with Crippen molar-refractivity contribution in [3.8, 4) is 5.82 Å². The maximum absolute atomic E-state index is 5.08. The van der Waals surface area contributed by atoms with Gasteiger partial charge in [-0.25, -0.2) is 0 Å². The van der Waals surface area contributed by atoms with Crippen molar-refractivity contribution in [1.82, 2.24) is 19.3 Å². The predicted molar refractivity (Wildman–Crippen MR) is 52.5 cm³/mol. The molecule has 0 saturated heterocycles. The summed E-state index contributed by atoms with van der Waals surface area (Å²) in [6.45, 7) is 2.01. The number of aryl methyl sites for hydroxylation is 2. The van der Waals surface area contributed by atoms with Crippen LogP contribution in [0.4, 0.5) is 0 Å². The number of nitrogens with one attached hydrogen (secondary N) is 1. The van der Waals surface area contributed by atoms with Crippen LogP contribution in [0, 0.1) is 11.7 Å². The number of H-pyrrole nitrogens is 1. The first-order valence-corrected chi connectivity index (χ1v) is 4.36. The summed E-state index contributed by atoms with van der Waals surface area (Å²) in [4.78, 5) is 2.92. The second-order valence-corrected chi connectivity index (χ2v) is 3.29. The largest absolute Gasteiger partial charge is 0.337 e. The first-order chi connectivity index (χ1) is 6.18. The Balaban J connectivity index is 2.59. The molecule has 2 aromatic heterocycles. The summed E-state index contributed by atoms with van der Waals surface area (Å²) in [5, 5.41) is 4.31. The molecular formula is C8H10N4S. The van der Waals surface area contributed by atoms with Crippen molar-refractivity contribution in [3.63, 3.8) is 0 Å². The maximum Gasteiger partial charge on any atom is 0.183 e. The summed E-state index contributed by atoms with van der Waals surface area (Å²) < 4.78 is 4.32. The minimum atomic E-state index is 0.665. The Labute approximate surface area is 80.8 Å². The van der Waals surface area contributed by atoms with Crippen LogP contribution in [0.1, 0.15) is 5.69 Å². The number of rotatable bonds is 1. The molecule has 5 heteroatoms. The third kappa shape index (κ3) is 1.31. The second-order valence-electron chi connectivity index (χ2n) is 2.90. The minimum absolute atomic E-state index is 0.665. The van der Waals surface area contributed by atoms with Crippen LogP contribution in [-0.2, 0) is 7.05 Å². The van der Waals surface area contributed by atoms with E-state index in [1.165, 1.54) is 0 Å². The van der Waals surface area contributed by atoms with E-state index in [2.05, 4.69) is 10.1 Å². The predicted octanol–water partition coefficient (Wildman–Crippen LogP) is 1.58. The molecule has 0 bridgehead atoms. The van der Waals surface area contributed by atoms with Crippen LogP contribution in [0.3, 0.4) is 0 Å². The fourth-order valence-corrected chi connectivity index (χ4v) is 1.38. The molecule has 0 amide bonds. The van der Waals surface area contributed by atoms with Crippen LogP contribution in [0.15, 0.2) is 18.5 Å². The van der Waals surface area contributed by atoms with Gasteiger partial charge in [-0.2, -0.15) is 5.10 Å². The van der Waals surface area contributed by atoms with Crippen molar-refractivity contribution < 1.29 is 0 Å².